The number of likely N-dealkylation sites (N-methyl/N-ethyl adjacent to an activating group) is 1. The van der Waals surface area contributed by atoms with E-state index >= 15 is 0 Å². The van der Waals surface area contributed by atoms with Gasteiger partial charge in [-0.15, -0.1) is 0 Å². The van der Waals surface area contributed by atoms with Crippen molar-refractivity contribution < 1.29 is 9.90 Å². The van der Waals surface area contributed by atoms with E-state index in [2.05, 4.69) is 11.9 Å². The van der Waals surface area contributed by atoms with Crippen LogP contribution in [0.4, 0.5) is 0 Å². The first-order valence-electron chi connectivity index (χ1n) is 7.89. The third-order valence-corrected chi connectivity index (χ3v) is 3.92. The lowest BCUT2D eigenvalue weighted by Crippen LogP contribution is -2.47. The molecule has 23 heavy (non-hydrogen) atoms. The van der Waals surface area contributed by atoms with Gasteiger partial charge >= 0.3 is 5.97 Å². The van der Waals surface area contributed by atoms with Gasteiger partial charge in [-0.05, 0) is 12.6 Å². The average Bonchev–Trinajstić information content (AvgIpc) is 2.60. The van der Waals surface area contributed by atoms with E-state index in [1.54, 1.807) is 0 Å². The molecule has 1 heterocycles. The second-order valence-electron chi connectivity index (χ2n) is 5.65. The molecule has 2 aromatic rings. The fraction of sp³-hybridized carbons (Fsp3) is 0.316. The van der Waals surface area contributed by atoms with Crippen LogP contribution in [0.5, 0.6) is 0 Å². The SMILES string of the molecule is CN1CCN(C(C(=O)O)c2ccccc2)CC1.c1ccccc1. The lowest BCUT2D eigenvalue weighted by Gasteiger charge is -2.36. The summed E-state index contributed by atoms with van der Waals surface area (Å²) in [4.78, 5) is 15.7. The summed E-state index contributed by atoms with van der Waals surface area (Å²) in [6, 6.07) is 21.0. The van der Waals surface area contributed by atoms with E-state index in [1.807, 2.05) is 71.6 Å². The molecule has 122 valence electrons. The summed E-state index contributed by atoms with van der Waals surface area (Å²) in [5.41, 5.74) is 0.865. The number of hydrogen-bond acceptors (Lipinski definition) is 3. The molecule has 0 spiro atoms. The number of aliphatic carboxylic acids is 1. The van der Waals surface area contributed by atoms with Crippen molar-refractivity contribution in [2.75, 3.05) is 33.2 Å². The van der Waals surface area contributed by atoms with Gasteiger partial charge in [-0.2, -0.15) is 0 Å². The van der Waals surface area contributed by atoms with Crippen molar-refractivity contribution in [1.29, 1.82) is 0 Å². The monoisotopic (exact) mass is 312 g/mol. The zero-order valence-electron chi connectivity index (χ0n) is 13.5. The molecule has 1 aliphatic heterocycles. The van der Waals surface area contributed by atoms with Gasteiger partial charge in [-0.1, -0.05) is 66.7 Å². The second kappa shape index (κ2) is 9.08. The molecule has 0 saturated carbocycles. The molecule has 1 N–H and O–H groups in total. The van der Waals surface area contributed by atoms with Gasteiger partial charge in [0.15, 0.2) is 0 Å². The van der Waals surface area contributed by atoms with Gasteiger partial charge in [-0.25, -0.2) is 0 Å². The minimum Gasteiger partial charge on any atom is -0.480 e. The highest BCUT2D eigenvalue weighted by Crippen LogP contribution is 2.22. The summed E-state index contributed by atoms with van der Waals surface area (Å²) in [6.45, 7) is 3.47. The highest BCUT2D eigenvalue weighted by molar-refractivity contribution is 5.75. The van der Waals surface area contributed by atoms with Crippen molar-refractivity contribution in [1.82, 2.24) is 9.80 Å². The summed E-state index contributed by atoms with van der Waals surface area (Å²) < 4.78 is 0. The van der Waals surface area contributed by atoms with Crippen LogP contribution in [0, 0.1) is 0 Å². The molecule has 1 saturated heterocycles. The Kier molecular flexibility index (Phi) is 6.78. The van der Waals surface area contributed by atoms with Gasteiger partial charge < -0.3 is 10.0 Å². The molecular weight excluding hydrogens is 288 g/mol. The Balaban J connectivity index is 0.000000268. The van der Waals surface area contributed by atoms with E-state index in [9.17, 15) is 9.90 Å². The zero-order chi connectivity index (χ0) is 16.5. The van der Waals surface area contributed by atoms with E-state index in [4.69, 9.17) is 0 Å². The molecule has 0 amide bonds. The molecule has 2 aromatic carbocycles. The van der Waals surface area contributed by atoms with Crippen LogP contribution in [0.25, 0.3) is 0 Å². The maximum absolute atomic E-state index is 11.4. The molecule has 1 fully saturated rings. The minimum absolute atomic E-state index is 0.509. The van der Waals surface area contributed by atoms with Gasteiger partial charge in [-0.3, -0.25) is 9.69 Å². The van der Waals surface area contributed by atoms with Gasteiger partial charge in [0.05, 0.1) is 0 Å². The van der Waals surface area contributed by atoms with Gasteiger partial charge in [0.1, 0.15) is 6.04 Å². The molecule has 0 bridgehead atoms. The van der Waals surface area contributed by atoms with Crippen molar-refractivity contribution in [2.24, 2.45) is 0 Å². The predicted octanol–water partition coefficient (Wildman–Crippen LogP) is 2.75. The predicted molar refractivity (Wildman–Crippen MR) is 92.3 cm³/mol. The highest BCUT2D eigenvalue weighted by atomic mass is 16.4. The lowest BCUT2D eigenvalue weighted by atomic mass is 10.0. The third kappa shape index (κ3) is 5.51. The Bertz CT molecular complexity index is 540. The van der Waals surface area contributed by atoms with Crippen molar-refractivity contribution in [2.45, 2.75) is 6.04 Å². The first-order valence-corrected chi connectivity index (χ1v) is 7.89. The number of carboxylic acids is 1. The quantitative estimate of drug-likeness (QED) is 0.946. The largest absolute Gasteiger partial charge is 0.480 e. The molecule has 3 rings (SSSR count). The summed E-state index contributed by atoms with van der Waals surface area (Å²) in [7, 11) is 2.07. The van der Waals surface area contributed by atoms with E-state index in [0.29, 0.717) is 0 Å². The van der Waals surface area contributed by atoms with Crippen LogP contribution in [0.1, 0.15) is 11.6 Å². The Morgan fingerprint density at radius 2 is 1.30 bits per heavy atom. The normalized spacial score (nSPS) is 16.9. The molecular formula is C19H24N2O2. The van der Waals surface area contributed by atoms with E-state index in [-0.39, 0.29) is 0 Å². The molecule has 1 unspecified atom stereocenters. The Morgan fingerprint density at radius 1 is 0.870 bits per heavy atom. The van der Waals surface area contributed by atoms with Crippen LogP contribution in [-0.4, -0.2) is 54.1 Å². The van der Waals surface area contributed by atoms with Crippen LogP contribution >= 0.6 is 0 Å². The number of piperazine rings is 1. The zero-order valence-corrected chi connectivity index (χ0v) is 13.5. The summed E-state index contributed by atoms with van der Waals surface area (Å²) in [6.07, 6.45) is 0. The van der Waals surface area contributed by atoms with Crippen LogP contribution < -0.4 is 0 Å². The Morgan fingerprint density at radius 3 is 1.74 bits per heavy atom. The second-order valence-corrected chi connectivity index (χ2v) is 5.65. The molecule has 1 atom stereocenters. The average molecular weight is 312 g/mol. The summed E-state index contributed by atoms with van der Waals surface area (Å²) >= 11 is 0. The fourth-order valence-corrected chi connectivity index (χ4v) is 2.61. The molecule has 4 nitrogen and oxygen atoms in total. The molecule has 1 aliphatic rings. The highest BCUT2D eigenvalue weighted by Gasteiger charge is 2.29. The van der Waals surface area contributed by atoms with Crippen LogP contribution in [-0.2, 0) is 4.79 Å². The van der Waals surface area contributed by atoms with Crippen molar-refractivity contribution in [3.05, 3.63) is 72.3 Å². The minimum atomic E-state index is -0.763. The van der Waals surface area contributed by atoms with E-state index < -0.39 is 12.0 Å². The van der Waals surface area contributed by atoms with Gasteiger partial charge in [0, 0.05) is 26.2 Å². The molecule has 0 radical (unpaired) electrons. The van der Waals surface area contributed by atoms with Crippen molar-refractivity contribution in [3.8, 4) is 0 Å². The van der Waals surface area contributed by atoms with E-state index in [0.717, 1.165) is 31.7 Å². The van der Waals surface area contributed by atoms with Gasteiger partial charge in [0.2, 0.25) is 0 Å². The standard InChI is InChI=1S/C13H18N2O2.C6H6/c1-14-7-9-15(10-8-14)12(13(16)17)11-5-3-2-4-6-11;1-2-4-6-5-3-1/h2-6,12H,7-10H2,1H3,(H,16,17);1-6H. The summed E-state index contributed by atoms with van der Waals surface area (Å²) in [5, 5.41) is 9.39. The Labute approximate surface area is 138 Å². The van der Waals surface area contributed by atoms with Crippen LogP contribution in [0.3, 0.4) is 0 Å². The van der Waals surface area contributed by atoms with Crippen molar-refractivity contribution in [3.63, 3.8) is 0 Å². The Hall–Kier alpha value is -2.17. The smallest absolute Gasteiger partial charge is 0.325 e. The lowest BCUT2D eigenvalue weighted by molar-refractivity contribution is -0.144. The maximum Gasteiger partial charge on any atom is 0.325 e. The van der Waals surface area contributed by atoms with Crippen LogP contribution in [0.2, 0.25) is 0 Å². The fourth-order valence-electron chi connectivity index (χ4n) is 2.61. The number of benzene rings is 2. The first-order chi connectivity index (χ1) is 11.2. The number of carbonyl (C=O) groups is 1. The summed E-state index contributed by atoms with van der Waals surface area (Å²) in [5.74, 6) is -0.763. The number of nitrogens with zero attached hydrogens (tertiary/aromatic N) is 2. The molecule has 0 aliphatic carbocycles. The number of hydrogen-bond donors (Lipinski definition) is 1. The first kappa shape index (κ1) is 17.2. The van der Waals surface area contributed by atoms with E-state index in [1.165, 1.54) is 0 Å². The number of carboxylic acid groups (broad SMARTS) is 1. The molecule has 0 aromatic heterocycles. The topological polar surface area (TPSA) is 43.8 Å². The number of rotatable bonds is 3. The van der Waals surface area contributed by atoms with Crippen LogP contribution in [0.15, 0.2) is 66.7 Å². The maximum atomic E-state index is 11.4. The molecule has 4 heteroatoms. The van der Waals surface area contributed by atoms with Crippen molar-refractivity contribution >= 4 is 5.97 Å². The third-order valence-electron chi connectivity index (χ3n) is 3.92. The van der Waals surface area contributed by atoms with Gasteiger partial charge in [0.25, 0.3) is 0 Å².